The molecule has 0 saturated heterocycles. The van der Waals surface area contributed by atoms with Crippen molar-refractivity contribution in [3.63, 3.8) is 0 Å². The predicted octanol–water partition coefficient (Wildman–Crippen LogP) is 2.91. The van der Waals surface area contributed by atoms with Crippen LogP contribution in [0.4, 0.5) is 0 Å². The van der Waals surface area contributed by atoms with Gasteiger partial charge in [-0.05, 0) is 31.3 Å². The van der Waals surface area contributed by atoms with Gasteiger partial charge in [-0.2, -0.15) is 0 Å². The molecule has 0 aliphatic carbocycles. The molecule has 0 radical (unpaired) electrons. The minimum atomic E-state index is 0.805. The van der Waals surface area contributed by atoms with Gasteiger partial charge in [0.1, 0.15) is 0 Å². The lowest BCUT2D eigenvalue weighted by Crippen LogP contribution is -2.26. The lowest BCUT2D eigenvalue weighted by atomic mass is 9.81. The molecule has 0 bridgehead atoms. The van der Waals surface area contributed by atoms with Crippen molar-refractivity contribution in [3.05, 3.63) is 0 Å². The van der Waals surface area contributed by atoms with Crippen molar-refractivity contribution < 1.29 is 0 Å². The summed E-state index contributed by atoms with van der Waals surface area (Å²) in [7, 11) is 2.04. The summed E-state index contributed by atoms with van der Waals surface area (Å²) in [6, 6.07) is 0. The van der Waals surface area contributed by atoms with E-state index in [1.807, 2.05) is 7.05 Å². The van der Waals surface area contributed by atoms with Crippen molar-refractivity contribution >= 4 is 0 Å². The SMILES string of the molecule is CCC(CC)C(C)C(C)CNC. The summed E-state index contributed by atoms with van der Waals surface area (Å²) in [6.07, 6.45) is 2.65. The Morgan fingerprint density at radius 3 is 1.92 bits per heavy atom. The zero-order valence-corrected chi connectivity index (χ0v) is 9.35. The summed E-state index contributed by atoms with van der Waals surface area (Å²) in [5.41, 5.74) is 0. The van der Waals surface area contributed by atoms with Gasteiger partial charge in [0.15, 0.2) is 0 Å². The molecular formula is C11H25N. The summed E-state index contributed by atoms with van der Waals surface area (Å²) in [6.45, 7) is 10.5. The van der Waals surface area contributed by atoms with Crippen molar-refractivity contribution in [2.24, 2.45) is 17.8 Å². The zero-order valence-electron chi connectivity index (χ0n) is 9.35. The highest BCUT2D eigenvalue weighted by Crippen LogP contribution is 2.25. The van der Waals surface area contributed by atoms with Gasteiger partial charge in [-0.25, -0.2) is 0 Å². The summed E-state index contributed by atoms with van der Waals surface area (Å²) in [5, 5.41) is 3.25. The first-order valence-electron chi connectivity index (χ1n) is 5.31. The molecule has 0 aliphatic rings. The minimum absolute atomic E-state index is 0.805. The van der Waals surface area contributed by atoms with Gasteiger partial charge in [0, 0.05) is 0 Å². The Kier molecular flexibility index (Phi) is 6.45. The second-order valence-corrected chi connectivity index (χ2v) is 3.97. The largest absolute Gasteiger partial charge is 0.319 e. The number of rotatable bonds is 6. The zero-order chi connectivity index (χ0) is 9.56. The van der Waals surface area contributed by atoms with Crippen molar-refractivity contribution in [1.82, 2.24) is 5.32 Å². The molecule has 0 aromatic heterocycles. The fraction of sp³-hybridized carbons (Fsp3) is 1.00. The maximum absolute atomic E-state index is 3.25. The molecular weight excluding hydrogens is 146 g/mol. The summed E-state index contributed by atoms with van der Waals surface area (Å²) < 4.78 is 0. The van der Waals surface area contributed by atoms with Crippen LogP contribution in [-0.2, 0) is 0 Å². The Balaban J connectivity index is 3.87. The van der Waals surface area contributed by atoms with E-state index in [9.17, 15) is 0 Å². The van der Waals surface area contributed by atoms with Crippen LogP contribution in [0.3, 0.4) is 0 Å². The van der Waals surface area contributed by atoms with Crippen LogP contribution in [0.25, 0.3) is 0 Å². The van der Waals surface area contributed by atoms with Gasteiger partial charge in [0.25, 0.3) is 0 Å². The molecule has 0 aliphatic heterocycles. The van der Waals surface area contributed by atoms with E-state index in [4.69, 9.17) is 0 Å². The molecule has 0 amide bonds. The molecule has 0 fully saturated rings. The van der Waals surface area contributed by atoms with Gasteiger partial charge in [-0.1, -0.05) is 40.5 Å². The van der Waals surface area contributed by atoms with Crippen LogP contribution in [-0.4, -0.2) is 13.6 Å². The molecule has 74 valence electrons. The Morgan fingerprint density at radius 1 is 1.08 bits per heavy atom. The van der Waals surface area contributed by atoms with Crippen LogP contribution >= 0.6 is 0 Å². The maximum Gasteiger partial charge on any atom is -0.00235 e. The van der Waals surface area contributed by atoms with Crippen molar-refractivity contribution in [2.45, 2.75) is 40.5 Å². The smallest absolute Gasteiger partial charge is 0.00235 e. The monoisotopic (exact) mass is 171 g/mol. The van der Waals surface area contributed by atoms with Gasteiger partial charge < -0.3 is 5.32 Å². The van der Waals surface area contributed by atoms with E-state index in [-0.39, 0.29) is 0 Å². The second kappa shape index (κ2) is 6.47. The summed E-state index contributed by atoms with van der Waals surface area (Å²) in [5.74, 6) is 2.57. The van der Waals surface area contributed by atoms with E-state index >= 15 is 0 Å². The molecule has 1 N–H and O–H groups in total. The first-order chi connectivity index (χ1) is 5.67. The normalized spacial score (nSPS) is 16.5. The van der Waals surface area contributed by atoms with E-state index in [0.29, 0.717) is 0 Å². The fourth-order valence-corrected chi connectivity index (χ4v) is 2.00. The predicted molar refractivity (Wildman–Crippen MR) is 56.3 cm³/mol. The molecule has 0 heterocycles. The second-order valence-electron chi connectivity index (χ2n) is 3.97. The van der Waals surface area contributed by atoms with Crippen LogP contribution in [0, 0.1) is 17.8 Å². The number of hydrogen-bond acceptors (Lipinski definition) is 1. The molecule has 1 heteroatoms. The van der Waals surface area contributed by atoms with Crippen molar-refractivity contribution in [3.8, 4) is 0 Å². The summed E-state index contributed by atoms with van der Waals surface area (Å²) >= 11 is 0. The van der Waals surface area contributed by atoms with E-state index in [1.54, 1.807) is 0 Å². The first kappa shape index (κ1) is 12.0. The van der Waals surface area contributed by atoms with Crippen LogP contribution in [0.15, 0.2) is 0 Å². The van der Waals surface area contributed by atoms with Gasteiger partial charge in [0.2, 0.25) is 0 Å². The highest BCUT2D eigenvalue weighted by Gasteiger charge is 2.18. The van der Waals surface area contributed by atoms with E-state index in [0.717, 1.165) is 24.3 Å². The Bertz CT molecular complexity index is 97.2. The molecule has 2 atom stereocenters. The average molecular weight is 171 g/mol. The fourth-order valence-electron chi connectivity index (χ4n) is 2.00. The third-order valence-corrected chi connectivity index (χ3v) is 3.22. The van der Waals surface area contributed by atoms with Gasteiger partial charge in [-0.3, -0.25) is 0 Å². The molecule has 0 spiro atoms. The van der Waals surface area contributed by atoms with E-state index in [2.05, 4.69) is 33.0 Å². The van der Waals surface area contributed by atoms with Crippen molar-refractivity contribution in [1.29, 1.82) is 0 Å². The van der Waals surface area contributed by atoms with Crippen LogP contribution < -0.4 is 5.32 Å². The molecule has 0 aromatic carbocycles. The number of nitrogens with one attached hydrogen (secondary N) is 1. The third-order valence-electron chi connectivity index (χ3n) is 3.22. The molecule has 0 aromatic rings. The quantitative estimate of drug-likeness (QED) is 0.648. The lowest BCUT2D eigenvalue weighted by molar-refractivity contribution is 0.245. The highest BCUT2D eigenvalue weighted by atomic mass is 14.8. The van der Waals surface area contributed by atoms with E-state index in [1.165, 1.54) is 12.8 Å². The molecule has 0 rings (SSSR count). The minimum Gasteiger partial charge on any atom is -0.319 e. The average Bonchev–Trinajstić information content (AvgIpc) is 2.07. The molecule has 0 saturated carbocycles. The third kappa shape index (κ3) is 3.57. The Hall–Kier alpha value is -0.0400. The molecule has 12 heavy (non-hydrogen) atoms. The summed E-state index contributed by atoms with van der Waals surface area (Å²) in [4.78, 5) is 0. The van der Waals surface area contributed by atoms with Crippen LogP contribution in [0.5, 0.6) is 0 Å². The lowest BCUT2D eigenvalue weighted by Gasteiger charge is -2.27. The Labute approximate surface area is 77.9 Å². The van der Waals surface area contributed by atoms with Gasteiger partial charge >= 0.3 is 0 Å². The van der Waals surface area contributed by atoms with Crippen LogP contribution in [0.1, 0.15) is 40.5 Å². The van der Waals surface area contributed by atoms with E-state index < -0.39 is 0 Å². The van der Waals surface area contributed by atoms with Gasteiger partial charge in [0.05, 0.1) is 0 Å². The molecule has 1 nitrogen and oxygen atoms in total. The van der Waals surface area contributed by atoms with Crippen molar-refractivity contribution in [2.75, 3.05) is 13.6 Å². The standard InChI is InChI=1S/C11H25N/c1-6-11(7-2)10(4)9(3)8-12-5/h9-12H,6-8H2,1-5H3. The maximum atomic E-state index is 3.25. The first-order valence-corrected chi connectivity index (χ1v) is 5.31. The van der Waals surface area contributed by atoms with Crippen LogP contribution in [0.2, 0.25) is 0 Å². The highest BCUT2D eigenvalue weighted by molar-refractivity contribution is 4.70. The number of hydrogen-bond donors (Lipinski definition) is 1. The van der Waals surface area contributed by atoms with Gasteiger partial charge in [-0.15, -0.1) is 0 Å². The topological polar surface area (TPSA) is 12.0 Å². The molecule has 2 unspecified atom stereocenters. The Morgan fingerprint density at radius 2 is 1.58 bits per heavy atom.